The van der Waals surface area contributed by atoms with Crippen molar-refractivity contribution < 1.29 is 41.4 Å². The maximum absolute atomic E-state index is 13.4. The van der Waals surface area contributed by atoms with Crippen molar-refractivity contribution in [2.45, 2.75) is 58.8 Å². The van der Waals surface area contributed by atoms with E-state index in [9.17, 15) is 31.9 Å². The first kappa shape index (κ1) is 22.3. The van der Waals surface area contributed by atoms with Crippen molar-refractivity contribution in [1.29, 1.82) is 0 Å². The van der Waals surface area contributed by atoms with E-state index < -0.39 is 54.4 Å². The van der Waals surface area contributed by atoms with Crippen LogP contribution in [0.15, 0.2) is 0 Å². The number of hydrogen-bond donors (Lipinski definition) is 0. The number of ether oxygens (including phenoxy) is 2. The second-order valence-corrected chi connectivity index (χ2v) is 6.06. The summed E-state index contributed by atoms with van der Waals surface area (Å²) in [5.41, 5.74) is -0.727. The molecular formula is C15H22F4O5. The minimum absolute atomic E-state index is 0.330. The van der Waals surface area contributed by atoms with Gasteiger partial charge in [0.15, 0.2) is 5.78 Å². The van der Waals surface area contributed by atoms with Crippen LogP contribution >= 0.6 is 0 Å². The highest BCUT2D eigenvalue weighted by Gasteiger charge is 2.47. The number of alkyl halides is 4. The average molecular weight is 358 g/mol. The number of carbonyl (C=O) groups is 3. The monoisotopic (exact) mass is 358 g/mol. The third-order valence-corrected chi connectivity index (χ3v) is 3.41. The minimum Gasteiger partial charge on any atom is -0.462 e. The first-order valence-electron chi connectivity index (χ1n) is 7.33. The zero-order chi connectivity index (χ0) is 19.2. The number of carbonyl (C=O) groups excluding carboxylic acids is 3. The van der Waals surface area contributed by atoms with Crippen molar-refractivity contribution in [3.63, 3.8) is 0 Å². The fourth-order valence-electron chi connectivity index (χ4n) is 1.40. The van der Waals surface area contributed by atoms with Gasteiger partial charge in [0.1, 0.15) is 19.6 Å². The summed E-state index contributed by atoms with van der Waals surface area (Å²) in [5.74, 6) is -12.0. The smallest absolute Gasteiger partial charge is 0.312 e. The molecule has 0 atom stereocenters. The Morgan fingerprint density at radius 3 is 1.92 bits per heavy atom. The Labute approximate surface area is 137 Å². The molecule has 24 heavy (non-hydrogen) atoms. The molecule has 0 saturated heterocycles. The Balaban J connectivity index is 4.27. The normalized spacial score (nSPS) is 12.7. The zero-order valence-corrected chi connectivity index (χ0v) is 14.1. The van der Waals surface area contributed by atoms with Crippen molar-refractivity contribution in [2.24, 2.45) is 5.41 Å². The molecule has 0 saturated carbocycles. The zero-order valence-electron chi connectivity index (χ0n) is 14.1. The molecule has 0 radical (unpaired) electrons. The number of hydrogen-bond acceptors (Lipinski definition) is 5. The van der Waals surface area contributed by atoms with Gasteiger partial charge < -0.3 is 9.47 Å². The number of ketones is 1. The van der Waals surface area contributed by atoms with Crippen LogP contribution in [0.25, 0.3) is 0 Å². The van der Waals surface area contributed by atoms with Gasteiger partial charge in [0.25, 0.3) is 5.92 Å². The quantitative estimate of drug-likeness (QED) is 0.341. The van der Waals surface area contributed by atoms with Crippen LogP contribution in [-0.2, 0) is 23.9 Å². The molecule has 5 nitrogen and oxygen atoms in total. The summed E-state index contributed by atoms with van der Waals surface area (Å²) in [4.78, 5) is 33.4. The summed E-state index contributed by atoms with van der Waals surface area (Å²) in [6.45, 7) is 4.77. The van der Waals surface area contributed by atoms with E-state index in [0.717, 1.165) is 0 Å². The molecule has 0 bridgehead atoms. The highest BCUT2D eigenvalue weighted by atomic mass is 19.3. The SMILES string of the molecule is CCC(C)(C)C(=O)OCCOC(=O)CC(F)(F)CC(F)(F)C(C)=O. The third-order valence-electron chi connectivity index (χ3n) is 3.41. The van der Waals surface area contributed by atoms with Gasteiger partial charge in [-0.3, -0.25) is 14.4 Å². The lowest BCUT2D eigenvalue weighted by Crippen LogP contribution is -2.36. The molecule has 0 aromatic heterocycles. The molecular weight excluding hydrogens is 336 g/mol. The van der Waals surface area contributed by atoms with Crippen molar-refractivity contribution in [1.82, 2.24) is 0 Å². The second kappa shape index (κ2) is 8.43. The Kier molecular flexibility index (Phi) is 7.85. The lowest BCUT2D eigenvalue weighted by Gasteiger charge is -2.21. The molecule has 140 valence electrons. The lowest BCUT2D eigenvalue weighted by atomic mass is 9.91. The van der Waals surface area contributed by atoms with Gasteiger partial charge in [-0.05, 0) is 20.3 Å². The summed E-state index contributed by atoms with van der Waals surface area (Å²) in [6.07, 6.45) is -3.14. The van der Waals surface area contributed by atoms with Gasteiger partial charge in [0.05, 0.1) is 11.8 Å². The number of esters is 2. The van der Waals surface area contributed by atoms with Gasteiger partial charge in [-0.2, -0.15) is 8.78 Å². The van der Waals surface area contributed by atoms with Crippen molar-refractivity contribution >= 4 is 17.7 Å². The van der Waals surface area contributed by atoms with Crippen molar-refractivity contribution in [3.05, 3.63) is 0 Å². The van der Waals surface area contributed by atoms with E-state index >= 15 is 0 Å². The average Bonchev–Trinajstić information content (AvgIpc) is 2.41. The van der Waals surface area contributed by atoms with Crippen LogP contribution in [0.2, 0.25) is 0 Å². The molecule has 0 rings (SSSR count). The molecule has 9 heteroatoms. The maximum atomic E-state index is 13.4. The fourth-order valence-corrected chi connectivity index (χ4v) is 1.40. The highest BCUT2D eigenvalue weighted by Crippen LogP contribution is 2.33. The molecule has 0 aliphatic rings. The van der Waals surface area contributed by atoms with Crippen LogP contribution in [0.1, 0.15) is 47.0 Å². The number of Topliss-reactive ketones (excluding diaryl/α,β-unsaturated/α-hetero) is 1. The standard InChI is InChI=1S/C15H22F4O5/c1-5-13(3,4)12(22)24-7-6-23-11(21)8-14(16,17)9-15(18,19)10(2)20/h5-9H2,1-4H3. The summed E-state index contributed by atoms with van der Waals surface area (Å²) in [7, 11) is 0. The van der Waals surface area contributed by atoms with Crippen LogP contribution in [-0.4, -0.2) is 42.8 Å². The molecule has 0 fully saturated rings. The molecule has 0 N–H and O–H groups in total. The molecule has 0 amide bonds. The Bertz CT molecular complexity index is 474. The minimum atomic E-state index is -4.22. The largest absolute Gasteiger partial charge is 0.462 e. The number of halogens is 4. The van der Waals surface area contributed by atoms with Gasteiger partial charge in [-0.25, -0.2) is 8.78 Å². The Hall–Kier alpha value is -1.67. The predicted molar refractivity (Wildman–Crippen MR) is 75.8 cm³/mol. The molecule has 0 aliphatic heterocycles. The molecule has 0 heterocycles. The predicted octanol–water partition coefficient (Wildman–Crippen LogP) is 3.15. The van der Waals surface area contributed by atoms with Gasteiger partial charge in [-0.15, -0.1) is 0 Å². The van der Waals surface area contributed by atoms with E-state index in [4.69, 9.17) is 4.74 Å². The van der Waals surface area contributed by atoms with Crippen molar-refractivity contribution in [2.75, 3.05) is 13.2 Å². The van der Waals surface area contributed by atoms with Gasteiger partial charge in [-0.1, -0.05) is 6.92 Å². The van der Waals surface area contributed by atoms with E-state index in [-0.39, 0.29) is 6.61 Å². The van der Waals surface area contributed by atoms with Crippen LogP contribution < -0.4 is 0 Å². The van der Waals surface area contributed by atoms with E-state index in [0.29, 0.717) is 13.3 Å². The molecule has 0 unspecified atom stereocenters. The topological polar surface area (TPSA) is 69.7 Å². The highest BCUT2D eigenvalue weighted by molar-refractivity contribution is 5.83. The van der Waals surface area contributed by atoms with Crippen LogP contribution in [0, 0.1) is 5.41 Å². The first-order valence-corrected chi connectivity index (χ1v) is 7.33. The molecule has 0 spiro atoms. The lowest BCUT2D eigenvalue weighted by molar-refractivity contribution is -0.169. The van der Waals surface area contributed by atoms with Gasteiger partial charge in [0, 0.05) is 6.92 Å². The molecule has 0 aromatic rings. The summed E-state index contributed by atoms with van der Waals surface area (Å²) >= 11 is 0. The second-order valence-electron chi connectivity index (χ2n) is 6.06. The van der Waals surface area contributed by atoms with E-state index in [2.05, 4.69) is 4.74 Å². The van der Waals surface area contributed by atoms with E-state index in [1.165, 1.54) is 0 Å². The van der Waals surface area contributed by atoms with Gasteiger partial charge in [0.2, 0.25) is 0 Å². The fraction of sp³-hybridized carbons (Fsp3) is 0.800. The molecule has 0 aliphatic carbocycles. The molecule has 0 aromatic carbocycles. The van der Waals surface area contributed by atoms with Crippen LogP contribution in [0.4, 0.5) is 17.6 Å². The van der Waals surface area contributed by atoms with Crippen LogP contribution in [0.3, 0.4) is 0 Å². The summed E-state index contributed by atoms with van der Waals surface area (Å²) in [5, 5.41) is 0. The summed E-state index contributed by atoms with van der Waals surface area (Å²) in [6, 6.07) is 0. The maximum Gasteiger partial charge on any atom is 0.312 e. The number of rotatable bonds is 10. The van der Waals surface area contributed by atoms with Crippen molar-refractivity contribution in [3.8, 4) is 0 Å². The summed E-state index contributed by atoms with van der Waals surface area (Å²) < 4.78 is 61.9. The Morgan fingerprint density at radius 1 is 0.958 bits per heavy atom. The first-order chi connectivity index (χ1) is 10.7. The third kappa shape index (κ3) is 7.74. The van der Waals surface area contributed by atoms with Crippen LogP contribution in [0.5, 0.6) is 0 Å². The van der Waals surface area contributed by atoms with Gasteiger partial charge >= 0.3 is 17.9 Å². The Morgan fingerprint density at radius 2 is 1.46 bits per heavy atom. The van der Waals surface area contributed by atoms with E-state index in [1.807, 2.05) is 0 Å². The van der Waals surface area contributed by atoms with E-state index in [1.54, 1.807) is 20.8 Å².